The fourth-order valence-corrected chi connectivity index (χ4v) is 3.91. The Labute approximate surface area is 138 Å². The van der Waals surface area contributed by atoms with Gasteiger partial charge in [0.1, 0.15) is 11.5 Å². The maximum atomic E-state index is 12.7. The minimum atomic E-state index is -3.84. The Hall–Kier alpha value is -2.93. The molecule has 1 aliphatic heterocycles. The number of nitrogens with one attached hydrogen (secondary N) is 1. The molecule has 0 radical (unpaired) electrons. The molecule has 6 nitrogen and oxygen atoms in total. The van der Waals surface area contributed by atoms with Gasteiger partial charge in [0.05, 0.1) is 11.1 Å². The lowest BCUT2D eigenvalue weighted by Gasteiger charge is -2.10. The first-order valence-electron chi connectivity index (χ1n) is 7.21. The third-order valence-electron chi connectivity index (χ3n) is 3.83. The molecule has 3 aromatic rings. The summed E-state index contributed by atoms with van der Waals surface area (Å²) in [7, 11) is -3.84. The molecule has 2 heterocycles. The second kappa shape index (κ2) is 5.31. The number of esters is 1. The van der Waals surface area contributed by atoms with Gasteiger partial charge in [0, 0.05) is 22.8 Å². The first-order chi connectivity index (χ1) is 11.5. The molecule has 7 heteroatoms. The van der Waals surface area contributed by atoms with Crippen molar-refractivity contribution in [2.75, 3.05) is 4.72 Å². The Morgan fingerprint density at radius 1 is 1.08 bits per heavy atom. The lowest BCUT2D eigenvalue weighted by Crippen LogP contribution is -2.14. The van der Waals surface area contributed by atoms with Crippen molar-refractivity contribution in [1.29, 1.82) is 0 Å². The summed E-state index contributed by atoms with van der Waals surface area (Å²) in [6.45, 7) is 0.217. The number of aromatic nitrogens is 1. The van der Waals surface area contributed by atoms with Crippen LogP contribution in [0.2, 0.25) is 0 Å². The first-order valence-corrected chi connectivity index (χ1v) is 8.69. The van der Waals surface area contributed by atoms with Gasteiger partial charge in [-0.15, -0.1) is 0 Å². The van der Waals surface area contributed by atoms with E-state index >= 15 is 0 Å². The van der Waals surface area contributed by atoms with Gasteiger partial charge < -0.3 is 4.74 Å². The number of nitrogens with zero attached hydrogens (tertiary/aromatic N) is 1. The average Bonchev–Trinajstić information content (AvgIpc) is 2.95. The zero-order chi connectivity index (χ0) is 16.7. The summed E-state index contributed by atoms with van der Waals surface area (Å²) in [6.07, 6.45) is 1.55. The van der Waals surface area contributed by atoms with Crippen molar-refractivity contribution in [3.8, 4) is 0 Å². The number of cyclic esters (lactones) is 1. The van der Waals surface area contributed by atoms with E-state index in [0.717, 1.165) is 10.9 Å². The summed E-state index contributed by atoms with van der Waals surface area (Å²) >= 11 is 0. The molecule has 1 aliphatic rings. The van der Waals surface area contributed by atoms with Crippen LogP contribution in [0.25, 0.3) is 10.9 Å². The molecule has 24 heavy (non-hydrogen) atoms. The van der Waals surface area contributed by atoms with Crippen molar-refractivity contribution in [3.63, 3.8) is 0 Å². The highest BCUT2D eigenvalue weighted by Crippen LogP contribution is 2.26. The fourth-order valence-electron chi connectivity index (χ4n) is 2.68. The molecule has 0 saturated heterocycles. The van der Waals surface area contributed by atoms with Crippen LogP contribution in [0.3, 0.4) is 0 Å². The molecule has 0 fully saturated rings. The number of ether oxygens (including phenoxy) is 1. The quantitative estimate of drug-likeness (QED) is 0.741. The Balaban J connectivity index is 1.76. The minimum absolute atomic E-state index is 0.0867. The number of rotatable bonds is 3. The van der Waals surface area contributed by atoms with Crippen LogP contribution in [0.4, 0.5) is 5.69 Å². The number of hydrogen-bond donors (Lipinski definition) is 1. The van der Waals surface area contributed by atoms with Crippen molar-refractivity contribution in [2.24, 2.45) is 0 Å². The van der Waals surface area contributed by atoms with Gasteiger partial charge in [-0.25, -0.2) is 13.2 Å². The molecule has 0 bridgehead atoms. The predicted octanol–water partition coefficient (Wildman–Crippen LogP) is 2.71. The number of carbonyl (C=O) groups excluding carboxylic acids is 1. The van der Waals surface area contributed by atoms with Crippen LogP contribution in [0.1, 0.15) is 15.9 Å². The predicted molar refractivity (Wildman–Crippen MR) is 88.1 cm³/mol. The monoisotopic (exact) mass is 340 g/mol. The standard InChI is InChI=1S/C17H12N2O4S/c20-17-14-9-13(7-6-12(14)10-23-17)19-24(21,22)15-5-1-3-11-4-2-8-18-16(11)15/h1-9,19H,10H2. The summed E-state index contributed by atoms with van der Waals surface area (Å²) in [4.78, 5) is 15.9. The van der Waals surface area contributed by atoms with E-state index in [1.807, 2.05) is 0 Å². The zero-order valence-corrected chi connectivity index (χ0v) is 13.2. The van der Waals surface area contributed by atoms with Crippen LogP contribution in [0.15, 0.2) is 59.6 Å². The van der Waals surface area contributed by atoms with E-state index in [4.69, 9.17) is 4.74 Å². The summed E-state index contributed by atoms with van der Waals surface area (Å²) in [5, 5.41) is 0.734. The lowest BCUT2D eigenvalue weighted by molar-refractivity contribution is 0.0535. The van der Waals surface area contributed by atoms with Gasteiger partial charge in [0.25, 0.3) is 10.0 Å². The number of carbonyl (C=O) groups is 1. The number of pyridine rings is 1. The number of sulfonamides is 1. The smallest absolute Gasteiger partial charge is 0.338 e. The van der Waals surface area contributed by atoms with E-state index in [1.165, 1.54) is 12.1 Å². The van der Waals surface area contributed by atoms with Crippen molar-refractivity contribution in [3.05, 3.63) is 65.9 Å². The maximum absolute atomic E-state index is 12.7. The van der Waals surface area contributed by atoms with Crippen LogP contribution in [0, 0.1) is 0 Å². The van der Waals surface area contributed by atoms with E-state index in [2.05, 4.69) is 9.71 Å². The Morgan fingerprint density at radius 3 is 2.79 bits per heavy atom. The molecule has 2 aromatic carbocycles. The van der Waals surface area contributed by atoms with E-state index < -0.39 is 16.0 Å². The van der Waals surface area contributed by atoms with Gasteiger partial charge in [0.15, 0.2) is 0 Å². The van der Waals surface area contributed by atoms with Gasteiger partial charge in [-0.3, -0.25) is 9.71 Å². The highest BCUT2D eigenvalue weighted by atomic mass is 32.2. The maximum Gasteiger partial charge on any atom is 0.338 e. The second-order valence-electron chi connectivity index (χ2n) is 5.38. The lowest BCUT2D eigenvalue weighted by atomic mass is 10.1. The number of hydrogen-bond acceptors (Lipinski definition) is 5. The van der Waals surface area contributed by atoms with Crippen molar-refractivity contribution < 1.29 is 17.9 Å². The van der Waals surface area contributed by atoms with Crippen LogP contribution < -0.4 is 4.72 Å². The number of anilines is 1. The molecule has 0 unspecified atom stereocenters. The van der Waals surface area contributed by atoms with Crippen molar-refractivity contribution >= 4 is 32.6 Å². The Bertz CT molecular complexity index is 1070. The number of fused-ring (bicyclic) bond motifs is 2. The Kier molecular flexibility index (Phi) is 3.24. The highest BCUT2D eigenvalue weighted by Gasteiger charge is 2.23. The second-order valence-corrected chi connectivity index (χ2v) is 7.04. The normalized spacial score (nSPS) is 13.6. The van der Waals surface area contributed by atoms with Crippen molar-refractivity contribution in [1.82, 2.24) is 4.98 Å². The third-order valence-corrected chi connectivity index (χ3v) is 5.24. The molecule has 0 saturated carbocycles. The van der Waals surface area contributed by atoms with E-state index in [0.29, 0.717) is 16.8 Å². The fraction of sp³-hybridized carbons (Fsp3) is 0.0588. The van der Waals surface area contributed by atoms with Gasteiger partial charge in [-0.05, 0) is 24.3 Å². The molecule has 4 rings (SSSR count). The molecular formula is C17H12N2O4S. The molecular weight excluding hydrogens is 328 g/mol. The topological polar surface area (TPSA) is 85.4 Å². The minimum Gasteiger partial charge on any atom is -0.457 e. The number of benzene rings is 2. The molecule has 1 aromatic heterocycles. The SMILES string of the molecule is O=C1OCc2ccc(NS(=O)(=O)c3cccc4cccnc34)cc21. The largest absolute Gasteiger partial charge is 0.457 e. The van der Waals surface area contributed by atoms with Crippen LogP contribution in [-0.2, 0) is 21.4 Å². The molecule has 0 aliphatic carbocycles. The molecule has 0 spiro atoms. The van der Waals surface area contributed by atoms with Gasteiger partial charge >= 0.3 is 5.97 Å². The van der Waals surface area contributed by atoms with Gasteiger partial charge in [-0.2, -0.15) is 0 Å². The molecule has 0 amide bonds. The van der Waals surface area contributed by atoms with E-state index in [-0.39, 0.29) is 11.5 Å². The summed E-state index contributed by atoms with van der Waals surface area (Å²) in [5.41, 5.74) is 1.83. The van der Waals surface area contributed by atoms with Crippen LogP contribution in [-0.4, -0.2) is 19.4 Å². The van der Waals surface area contributed by atoms with Crippen molar-refractivity contribution in [2.45, 2.75) is 11.5 Å². The van der Waals surface area contributed by atoms with Crippen LogP contribution in [0.5, 0.6) is 0 Å². The zero-order valence-electron chi connectivity index (χ0n) is 12.4. The van der Waals surface area contributed by atoms with Crippen LogP contribution >= 0.6 is 0 Å². The average molecular weight is 340 g/mol. The molecule has 1 N–H and O–H groups in total. The van der Waals surface area contributed by atoms with E-state index in [1.54, 1.807) is 42.6 Å². The van der Waals surface area contributed by atoms with Gasteiger partial charge in [0.2, 0.25) is 0 Å². The molecule has 120 valence electrons. The van der Waals surface area contributed by atoms with E-state index in [9.17, 15) is 13.2 Å². The first kappa shape index (κ1) is 14.6. The third kappa shape index (κ3) is 2.39. The highest BCUT2D eigenvalue weighted by molar-refractivity contribution is 7.93. The van der Waals surface area contributed by atoms with Gasteiger partial charge in [-0.1, -0.05) is 24.3 Å². The number of para-hydroxylation sites is 1. The summed E-state index contributed by atoms with van der Waals surface area (Å²) < 4.78 is 32.9. The summed E-state index contributed by atoms with van der Waals surface area (Å²) in [6, 6.07) is 13.3. The summed E-state index contributed by atoms with van der Waals surface area (Å²) in [5.74, 6) is -0.446. The molecule has 0 atom stereocenters. The Morgan fingerprint density at radius 2 is 1.92 bits per heavy atom.